The van der Waals surface area contributed by atoms with Crippen molar-refractivity contribution >= 4 is 34.4 Å². The maximum atomic E-state index is 13.4. The van der Waals surface area contributed by atoms with Gasteiger partial charge in [0.1, 0.15) is 0 Å². The van der Waals surface area contributed by atoms with E-state index in [-0.39, 0.29) is 17.6 Å². The summed E-state index contributed by atoms with van der Waals surface area (Å²) < 4.78 is 4.18. The topological polar surface area (TPSA) is 67.0 Å². The molecule has 0 bridgehead atoms. The Labute approximate surface area is 183 Å². The molecule has 1 aliphatic carbocycles. The summed E-state index contributed by atoms with van der Waals surface area (Å²) in [5.74, 6) is 0.205. The number of hydrogen-bond acceptors (Lipinski definition) is 4. The molecule has 6 nitrogen and oxygen atoms in total. The highest BCUT2D eigenvalue weighted by Crippen LogP contribution is 2.30. The van der Waals surface area contributed by atoms with E-state index in [0.717, 1.165) is 52.9 Å². The summed E-state index contributed by atoms with van der Waals surface area (Å²) in [5.41, 5.74) is 5.55. The minimum atomic E-state index is 0.0599. The fourth-order valence-corrected chi connectivity index (χ4v) is 4.54. The smallest absolute Gasteiger partial charge is 0.207 e. The predicted molar refractivity (Wildman–Crippen MR) is 123 cm³/mol. The molecule has 2 aromatic rings. The first-order valence-corrected chi connectivity index (χ1v) is 11.1. The van der Waals surface area contributed by atoms with Crippen LogP contribution in [0.3, 0.4) is 0 Å². The highest BCUT2D eigenvalue weighted by atomic mass is 16.1. The van der Waals surface area contributed by atoms with Crippen molar-refractivity contribution < 1.29 is 14.2 Å². The molecule has 0 saturated carbocycles. The molecule has 0 fully saturated rings. The van der Waals surface area contributed by atoms with E-state index >= 15 is 0 Å². The van der Waals surface area contributed by atoms with Crippen LogP contribution in [-0.4, -0.2) is 51.8 Å². The number of Topliss-reactive ketones (excluding diaryl/α,β-unsaturated/α-hetero) is 2. The molecular formula is C25H31N4O2+. The second kappa shape index (κ2) is 8.71. The fraction of sp³-hybridized carbons (Fsp3) is 0.440. The van der Waals surface area contributed by atoms with Gasteiger partial charge in [-0.15, -0.1) is 0 Å². The Balaban J connectivity index is 1.70. The molecule has 0 unspecified atom stereocenters. The number of fused-ring (bicyclic) bond motifs is 1. The van der Waals surface area contributed by atoms with E-state index in [1.54, 1.807) is 6.20 Å². The molecule has 6 heteroatoms. The van der Waals surface area contributed by atoms with Gasteiger partial charge in [0, 0.05) is 42.0 Å². The third kappa shape index (κ3) is 4.30. The predicted octanol–water partition coefficient (Wildman–Crippen LogP) is 4.13. The van der Waals surface area contributed by atoms with Gasteiger partial charge in [-0.2, -0.15) is 9.67 Å². The number of ketones is 2. The quantitative estimate of drug-likeness (QED) is 0.565. The fourth-order valence-electron chi connectivity index (χ4n) is 4.54. The van der Waals surface area contributed by atoms with Gasteiger partial charge in [0.05, 0.1) is 24.8 Å². The number of allylic oxidation sites excluding steroid dienone is 4. The van der Waals surface area contributed by atoms with Gasteiger partial charge in [-0.25, -0.2) is 0 Å². The number of nitrogens with zero attached hydrogens (tertiary/aromatic N) is 3. The van der Waals surface area contributed by atoms with Gasteiger partial charge < -0.3 is 5.32 Å². The molecule has 1 aliphatic heterocycles. The van der Waals surface area contributed by atoms with E-state index in [1.165, 1.54) is 0 Å². The van der Waals surface area contributed by atoms with Crippen LogP contribution in [0.2, 0.25) is 0 Å². The average molecular weight is 420 g/mol. The van der Waals surface area contributed by atoms with Crippen molar-refractivity contribution in [1.29, 1.82) is 0 Å². The zero-order valence-corrected chi connectivity index (χ0v) is 18.9. The molecule has 2 aliphatic rings. The monoisotopic (exact) mass is 419 g/mol. The lowest BCUT2D eigenvalue weighted by Gasteiger charge is -2.15. The second-order valence-corrected chi connectivity index (χ2v) is 8.86. The van der Waals surface area contributed by atoms with Crippen molar-refractivity contribution in [3.05, 3.63) is 46.7 Å². The molecule has 0 atom stereocenters. The molecule has 0 saturated heterocycles. The minimum absolute atomic E-state index is 0.0599. The van der Waals surface area contributed by atoms with E-state index in [0.29, 0.717) is 24.8 Å². The van der Waals surface area contributed by atoms with E-state index in [9.17, 15) is 9.59 Å². The van der Waals surface area contributed by atoms with Crippen LogP contribution in [0.25, 0.3) is 10.9 Å². The number of carbonyl (C=O) groups excluding carboxylic acids is 2. The summed E-state index contributed by atoms with van der Waals surface area (Å²) in [7, 11) is 0. The summed E-state index contributed by atoms with van der Waals surface area (Å²) >= 11 is 0. The standard InChI is InChI=1S/C25H31N4O2/c1-16(2)29-23-14-19(28-9-7-26-8-10-28)13-21(22(23)15-27-29)24(30)6-5-20-18(4)11-17(3)12-25(20)31/h9,11,13-16,26H,5-8,10,12H2,1-4H3/q+1. The molecule has 2 heterocycles. The molecular weight excluding hydrogens is 388 g/mol. The molecule has 31 heavy (non-hydrogen) atoms. The largest absolute Gasteiger partial charge is 0.302 e. The number of aromatic nitrogens is 2. The van der Waals surface area contributed by atoms with E-state index in [2.05, 4.69) is 47.2 Å². The minimum Gasteiger partial charge on any atom is -0.302 e. The van der Waals surface area contributed by atoms with E-state index < -0.39 is 0 Å². The van der Waals surface area contributed by atoms with Crippen molar-refractivity contribution in [1.82, 2.24) is 15.1 Å². The Morgan fingerprint density at radius 2 is 2.10 bits per heavy atom. The highest BCUT2D eigenvalue weighted by molar-refractivity contribution is 6.09. The lowest BCUT2D eigenvalue weighted by molar-refractivity contribution is -0.438. The third-order valence-electron chi connectivity index (χ3n) is 6.12. The Hall–Kier alpha value is -2.86. The van der Waals surface area contributed by atoms with Crippen LogP contribution < -0.4 is 5.32 Å². The zero-order chi connectivity index (χ0) is 22.1. The molecule has 1 aromatic heterocycles. The Morgan fingerprint density at radius 1 is 1.29 bits per heavy atom. The van der Waals surface area contributed by atoms with Gasteiger partial charge in [-0.3, -0.25) is 14.3 Å². The van der Waals surface area contributed by atoms with Crippen molar-refractivity contribution in [3.63, 3.8) is 0 Å². The van der Waals surface area contributed by atoms with Crippen molar-refractivity contribution in [2.24, 2.45) is 0 Å². The number of hydrogen-bond donors (Lipinski definition) is 1. The Morgan fingerprint density at radius 3 is 2.77 bits per heavy atom. The lowest BCUT2D eigenvalue weighted by Crippen LogP contribution is -2.33. The zero-order valence-electron chi connectivity index (χ0n) is 18.9. The second-order valence-electron chi connectivity index (χ2n) is 8.86. The molecule has 4 rings (SSSR count). The first-order valence-electron chi connectivity index (χ1n) is 11.1. The van der Waals surface area contributed by atoms with Gasteiger partial charge in [0.25, 0.3) is 0 Å². The summed E-state index contributed by atoms with van der Waals surface area (Å²) in [6.07, 6.45) is 7.25. The molecule has 0 spiro atoms. The van der Waals surface area contributed by atoms with Crippen molar-refractivity contribution in [2.45, 2.75) is 53.0 Å². The number of nitrogens with one attached hydrogen (secondary N) is 1. The number of rotatable bonds is 6. The van der Waals surface area contributed by atoms with Gasteiger partial charge in [0.2, 0.25) is 5.69 Å². The van der Waals surface area contributed by atoms with Gasteiger partial charge >= 0.3 is 0 Å². The van der Waals surface area contributed by atoms with Crippen molar-refractivity contribution in [3.8, 4) is 0 Å². The van der Waals surface area contributed by atoms with E-state index in [1.807, 2.05) is 24.6 Å². The lowest BCUT2D eigenvalue weighted by atomic mass is 9.88. The highest BCUT2D eigenvalue weighted by Gasteiger charge is 2.23. The Kier molecular flexibility index (Phi) is 6.01. The molecule has 1 aromatic carbocycles. The van der Waals surface area contributed by atoms with Crippen LogP contribution >= 0.6 is 0 Å². The SMILES string of the molecule is CC1=CC(C)=C(CCC(=O)c2cc([N+]3=CCNCC3)cc3c2cnn3C(C)C)C(=O)C1. The summed E-state index contributed by atoms with van der Waals surface area (Å²) in [4.78, 5) is 25.8. The van der Waals surface area contributed by atoms with Crippen LogP contribution in [0.1, 0.15) is 63.4 Å². The van der Waals surface area contributed by atoms with Gasteiger partial charge in [-0.05, 0) is 45.3 Å². The van der Waals surface area contributed by atoms with Gasteiger partial charge in [-0.1, -0.05) is 11.6 Å². The summed E-state index contributed by atoms with van der Waals surface area (Å²) in [6.45, 7) is 10.7. The maximum Gasteiger partial charge on any atom is 0.207 e. The van der Waals surface area contributed by atoms with Gasteiger partial charge in [0.15, 0.2) is 24.3 Å². The average Bonchev–Trinajstić information content (AvgIpc) is 3.17. The molecule has 162 valence electrons. The first-order chi connectivity index (χ1) is 14.8. The maximum absolute atomic E-state index is 13.4. The molecule has 1 N–H and O–H groups in total. The summed E-state index contributed by atoms with van der Waals surface area (Å²) in [5, 5.41) is 8.77. The summed E-state index contributed by atoms with van der Waals surface area (Å²) in [6, 6.07) is 4.32. The van der Waals surface area contributed by atoms with Crippen LogP contribution in [0, 0.1) is 0 Å². The van der Waals surface area contributed by atoms with Crippen LogP contribution in [0.4, 0.5) is 5.69 Å². The Bertz CT molecular complexity index is 1150. The van der Waals surface area contributed by atoms with Crippen LogP contribution in [0.5, 0.6) is 0 Å². The molecule has 0 amide bonds. The van der Waals surface area contributed by atoms with Crippen LogP contribution in [0.15, 0.2) is 41.1 Å². The van der Waals surface area contributed by atoms with Crippen LogP contribution in [-0.2, 0) is 4.79 Å². The molecule has 0 radical (unpaired) electrons. The first kappa shape index (κ1) is 21.4. The van der Waals surface area contributed by atoms with E-state index in [4.69, 9.17) is 0 Å². The third-order valence-corrected chi connectivity index (χ3v) is 6.12. The number of benzene rings is 1. The van der Waals surface area contributed by atoms with Crippen molar-refractivity contribution in [2.75, 3.05) is 19.6 Å². The normalized spacial score (nSPS) is 17.4. The number of carbonyl (C=O) groups is 2.